The average Bonchev–Trinajstić information content (AvgIpc) is 3.28. The Morgan fingerprint density at radius 1 is 1.12 bits per heavy atom. The number of rotatable bonds is 5. The standard InChI is InChI=1S/C24H24FN7O2/c1-3-15-11-27-24(28-12-15)31-6-4-16(5-7-31)32-22-13-26-20(10-21(22)29-30-32)18-8-14(2)17(23(33)34)9-19(18)25/h8-13,16H,3-7H2,1-2H3,(H,33,34). The second-order valence-corrected chi connectivity index (χ2v) is 8.51. The number of nitrogens with zero attached hydrogens (tertiary/aromatic N) is 7. The molecule has 0 unspecified atom stereocenters. The first-order valence-corrected chi connectivity index (χ1v) is 11.2. The van der Waals surface area contributed by atoms with Crippen molar-refractivity contribution in [3.05, 3.63) is 59.3 Å². The van der Waals surface area contributed by atoms with E-state index in [0.717, 1.165) is 55.4 Å². The van der Waals surface area contributed by atoms with Crippen LogP contribution in [0, 0.1) is 12.7 Å². The second-order valence-electron chi connectivity index (χ2n) is 8.51. The Morgan fingerprint density at radius 2 is 1.85 bits per heavy atom. The lowest BCUT2D eigenvalue weighted by Crippen LogP contribution is -2.36. The molecule has 1 fully saturated rings. The van der Waals surface area contributed by atoms with Gasteiger partial charge in [0.2, 0.25) is 5.95 Å². The van der Waals surface area contributed by atoms with E-state index in [1.54, 1.807) is 19.2 Å². The first-order chi connectivity index (χ1) is 16.4. The average molecular weight is 462 g/mol. The molecule has 0 radical (unpaired) electrons. The van der Waals surface area contributed by atoms with Crippen LogP contribution in [0.5, 0.6) is 0 Å². The van der Waals surface area contributed by atoms with E-state index >= 15 is 0 Å². The molecule has 1 N–H and O–H groups in total. The van der Waals surface area contributed by atoms with E-state index in [0.29, 0.717) is 16.8 Å². The molecule has 4 heterocycles. The fraction of sp³-hybridized carbons (Fsp3) is 0.333. The van der Waals surface area contributed by atoms with Crippen molar-refractivity contribution in [2.45, 2.75) is 39.2 Å². The number of carbonyl (C=O) groups is 1. The summed E-state index contributed by atoms with van der Waals surface area (Å²) in [5.41, 5.74) is 3.55. The SMILES string of the molecule is CCc1cnc(N2CCC(n3nnc4cc(-c5cc(C)c(C(=O)O)cc5F)ncc43)CC2)nc1. The molecule has 0 spiro atoms. The lowest BCUT2D eigenvalue weighted by atomic mass is 10.0. The van der Waals surface area contributed by atoms with E-state index in [4.69, 9.17) is 0 Å². The zero-order chi connectivity index (χ0) is 23.8. The normalized spacial score (nSPS) is 14.6. The molecule has 0 saturated carbocycles. The van der Waals surface area contributed by atoms with Crippen molar-refractivity contribution in [2.24, 2.45) is 0 Å². The third kappa shape index (κ3) is 3.95. The first kappa shape index (κ1) is 21.9. The molecule has 10 heteroatoms. The summed E-state index contributed by atoms with van der Waals surface area (Å²) in [6, 6.07) is 4.39. The van der Waals surface area contributed by atoms with Crippen LogP contribution in [0.2, 0.25) is 0 Å². The predicted octanol–water partition coefficient (Wildman–Crippen LogP) is 3.83. The minimum Gasteiger partial charge on any atom is -0.478 e. The van der Waals surface area contributed by atoms with Crippen molar-refractivity contribution in [3.63, 3.8) is 0 Å². The minimum absolute atomic E-state index is 0.0636. The van der Waals surface area contributed by atoms with Crippen LogP contribution in [0.15, 0.2) is 36.8 Å². The summed E-state index contributed by atoms with van der Waals surface area (Å²) in [5.74, 6) is -1.05. The Bertz CT molecular complexity index is 1360. The van der Waals surface area contributed by atoms with Gasteiger partial charge in [0.05, 0.1) is 23.5 Å². The van der Waals surface area contributed by atoms with Crippen LogP contribution in [0.4, 0.5) is 10.3 Å². The van der Waals surface area contributed by atoms with Crippen LogP contribution < -0.4 is 4.90 Å². The predicted molar refractivity (Wildman–Crippen MR) is 124 cm³/mol. The van der Waals surface area contributed by atoms with E-state index in [1.165, 1.54) is 6.07 Å². The van der Waals surface area contributed by atoms with Gasteiger partial charge >= 0.3 is 5.97 Å². The molecule has 0 bridgehead atoms. The number of halogens is 1. The second kappa shape index (κ2) is 8.77. The molecule has 1 aliphatic rings. The van der Waals surface area contributed by atoms with Crippen LogP contribution in [0.3, 0.4) is 0 Å². The number of anilines is 1. The number of carboxylic acid groups (broad SMARTS) is 1. The van der Waals surface area contributed by atoms with E-state index in [9.17, 15) is 14.3 Å². The molecule has 174 valence electrons. The number of aromatic nitrogens is 6. The van der Waals surface area contributed by atoms with Crippen LogP contribution >= 0.6 is 0 Å². The first-order valence-electron chi connectivity index (χ1n) is 11.2. The number of aryl methyl sites for hydroxylation is 2. The number of aromatic carboxylic acids is 1. The zero-order valence-electron chi connectivity index (χ0n) is 18.9. The molecule has 0 atom stereocenters. The summed E-state index contributed by atoms with van der Waals surface area (Å²) in [5, 5.41) is 17.9. The van der Waals surface area contributed by atoms with E-state index < -0.39 is 11.8 Å². The Kier molecular flexibility index (Phi) is 5.64. The zero-order valence-corrected chi connectivity index (χ0v) is 18.9. The summed E-state index contributed by atoms with van der Waals surface area (Å²) in [4.78, 5) is 26.9. The number of carboxylic acids is 1. The molecular weight excluding hydrogens is 437 g/mol. The summed E-state index contributed by atoms with van der Waals surface area (Å²) in [6.07, 6.45) is 8.05. The summed E-state index contributed by atoms with van der Waals surface area (Å²) >= 11 is 0. The lowest BCUT2D eigenvalue weighted by molar-refractivity contribution is 0.0695. The summed E-state index contributed by atoms with van der Waals surface area (Å²) in [6.45, 7) is 5.33. The number of pyridine rings is 1. The van der Waals surface area contributed by atoms with Crippen molar-refractivity contribution < 1.29 is 14.3 Å². The summed E-state index contributed by atoms with van der Waals surface area (Å²) < 4.78 is 16.5. The maximum absolute atomic E-state index is 14.6. The van der Waals surface area contributed by atoms with Gasteiger partial charge in [0.25, 0.3) is 0 Å². The van der Waals surface area contributed by atoms with Crippen molar-refractivity contribution in [3.8, 4) is 11.3 Å². The van der Waals surface area contributed by atoms with Crippen molar-refractivity contribution >= 4 is 23.0 Å². The quantitative estimate of drug-likeness (QED) is 0.477. The number of hydrogen-bond acceptors (Lipinski definition) is 7. The molecule has 0 amide bonds. The number of fused-ring (bicyclic) bond motifs is 1. The maximum Gasteiger partial charge on any atom is 0.336 e. The van der Waals surface area contributed by atoms with Gasteiger partial charge in [-0.3, -0.25) is 4.98 Å². The van der Waals surface area contributed by atoms with Gasteiger partial charge in [0.1, 0.15) is 16.9 Å². The highest BCUT2D eigenvalue weighted by atomic mass is 19.1. The van der Waals surface area contributed by atoms with Gasteiger partial charge in [0, 0.05) is 31.0 Å². The molecule has 0 aliphatic carbocycles. The van der Waals surface area contributed by atoms with Gasteiger partial charge < -0.3 is 10.0 Å². The van der Waals surface area contributed by atoms with E-state index in [-0.39, 0.29) is 17.2 Å². The minimum atomic E-state index is -1.16. The fourth-order valence-corrected chi connectivity index (χ4v) is 4.37. The van der Waals surface area contributed by atoms with Gasteiger partial charge in [-0.1, -0.05) is 12.1 Å². The highest BCUT2D eigenvalue weighted by molar-refractivity contribution is 5.90. The van der Waals surface area contributed by atoms with Gasteiger partial charge in [-0.25, -0.2) is 23.8 Å². The molecule has 4 aromatic rings. The third-order valence-corrected chi connectivity index (χ3v) is 6.37. The molecule has 1 aliphatic heterocycles. The van der Waals surface area contributed by atoms with Crippen LogP contribution in [-0.4, -0.2) is 54.1 Å². The smallest absolute Gasteiger partial charge is 0.336 e. The monoisotopic (exact) mass is 461 g/mol. The Hall–Kier alpha value is -3.95. The lowest BCUT2D eigenvalue weighted by Gasteiger charge is -2.32. The fourth-order valence-electron chi connectivity index (χ4n) is 4.37. The number of hydrogen-bond donors (Lipinski definition) is 1. The molecule has 34 heavy (non-hydrogen) atoms. The van der Waals surface area contributed by atoms with Crippen LogP contribution in [0.25, 0.3) is 22.3 Å². The van der Waals surface area contributed by atoms with Crippen molar-refractivity contribution in [2.75, 3.05) is 18.0 Å². The molecule has 9 nitrogen and oxygen atoms in total. The van der Waals surface area contributed by atoms with Gasteiger partial charge in [-0.2, -0.15) is 0 Å². The van der Waals surface area contributed by atoms with Crippen LogP contribution in [0.1, 0.15) is 47.3 Å². The maximum atomic E-state index is 14.6. The van der Waals surface area contributed by atoms with Gasteiger partial charge in [-0.05, 0) is 55.5 Å². The molecule has 5 rings (SSSR count). The number of benzene rings is 1. The molecular formula is C24H24FN7O2. The highest BCUT2D eigenvalue weighted by Gasteiger charge is 2.25. The third-order valence-electron chi connectivity index (χ3n) is 6.37. The van der Waals surface area contributed by atoms with Gasteiger partial charge in [-0.15, -0.1) is 5.10 Å². The molecule has 1 aromatic carbocycles. The van der Waals surface area contributed by atoms with Crippen molar-refractivity contribution in [1.29, 1.82) is 0 Å². The topological polar surface area (TPSA) is 110 Å². The highest BCUT2D eigenvalue weighted by Crippen LogP contribution is 2.30. The largest absolute Gasteiger partial charge is 0.478 e. The van der Waals surface area contributed by atoms with E-state index in [1.807, 2.05) is 17.1 Å². The van der Waals surface area contributed by atoms with E-state index in [2.05, 4.69) is 37.1 Å². The van der Waals surface area contributed by atoms with Crippen molar-refractivity contribution in [1.82, 2.24) is 29.9 Å². The molecule has 3 aromatic heterocycles. The van der Waals surface area contributed by atoms with Gasteiger partial charge in [0.15, 0.2) is 0 Å². The summed E-state index contributed by atoms with van der Waals surface area (Å²) in [7, 11) is 0. The Balaban J connectivity index is 1.35. The van der Waals surface area contributed by atoms with Crippen LogP contribution in [-0.2, 0) is 6.42 Å². The Morgan fingerprint density at radius 3 is 2.53 bits per heavy atom. The Labute approximate surface area is 195 Å². The molecule has 1 saturated heterocycles. The number of piperidine rings is 1.